The zero-order chi connectivity index (χ0) is 20.6. The Bertz CT molecular complexity index is 850. The summed E-state index contributed by atoms with van der Waals surface area (Å²) in [6.45, 7) is 7.57. The molecule has 0 unspecified atom stereocenters. The molecule has 2 aromatic carbocycles. The summed E-state index contributed by atoms with van der Waals surface area (Å²) in [5, 5.41) is 8.96. The molecule has 0 saturated carbocycles. The van der Waals surface area contributed by atoms with Crippen molar-refractivity contribution in [3.63, 3.8) is 0 Å². The molecule has 2 heterocycles. The zero-order valence-corrected chi connectivity index (χ0v) is 18.0. The van der Waals surface area contributed by atoms with Crippen molar-refractivity contribution < 1.29 is 4.74 Å². The van der Waals surface area contributed by atoms with Gasteiger partial charge in [0.2, 0.25) is 0 Å². The van der Waals surface area contributed by atoms with E-state index < -0.39 is 0 Å². The highest BCUT2D eigenvalue weighted by Crippen LogP contribution is 2.23. The van der Waals surface area contributed by atoms with Gasteiger partial charge >= 0.3 is 0 Å². The number of benzene rings is 2. The van der Waals surface area contributed by atoms with Gasteiger partial charge in [-0.2, -0.15) is 5.26 Å². The lowest BCUT2D eigenvalue weighted by Gasteiger charge is -2.26. The second-order valence-corrected chi connectivity index (χ2v) is 8.62. The largest absolute Gasteiger partial charge is 0.494 e. The summed E-state index contributed by atoms with van der Waals surface area (Å²) in [5.74, 6) is 1.02. The summed E-state index contributed by atoms with van der Waals surface area (Å²) in [5.41, 5.74) is 4.90. The van der Waals surface area contributed by atoms with Crippen LogP contribution in [0.3, 0.4) is 0 Å². The number of hydrogen-bond acceptors (Lipinski definition) is 4. The molecule has 0 N–H and O–H groups in total. The normalized spacial score (nSPS) is 17.7. The van der Waals surface area contributed by atoms with Crippen LogP contribution < -0.4 is 4.74 Å². The molecule has 158 valence electrons. The van der Waals surface area contributed by atoms with Crippen LogP contribution in [-0.4, -0.2) is 49.1 Å². The maximum Gasteiger partial charge on any atom is 0.119 e. The average molecular weight is 404 g/mol. The predicted octanol–water partition coefficient (Wildman–Crippen LogP) is 4.41. The van der Waals surface area contributed by atoms with E-state index in [1.165, 1.54) is 49.0 Å². The number of ether oxygens (including phenoxy) is 1. The number of piperidine rings is 1. The van der Waals surface area contributed by atoms with Crippen LogP contribution in [0, 0.1) is 11.3 Å². The van der Waals surface area contributed by atoms with Crippen molar-refractivity contribution in [1.29, 1.82) is 5.26 Å². The smallest absolute Gasteiger partial charge is 0.119 e. The highest BCUT2D eigenvalue weighted by atomic mass is 16.5. The molecule has 30 heavy (non-hydrogen) atoms. The summed E-state index contributed by atoms with van der Waals surface area (Å²) in [6.07, 6.45) is 7.36. The molecule has 4 nitrogen and oxygen atoms in total. The van der Waals surface area contributed by atoms with E-state index in [-0.39, 0.29) is 0 Å². The zero-order valence-electron chi connectivity index (χ0n) is 18.0. The molecule has 4 heteroatoms. The Kier molecular flexibility index (Phi) is 7.39. The minimum absolute atomic E-state index is 0.727. The molecule has 0 bridgehead atoms. The maximum absolute atomic E-state index is 8.96. The Hall–Kier alpha value is -2.35. The lowest BCUT2D eigenvalue weighted by atomic mass is 10.0. The van der Waals surface area contributed by atoms with Gasteiger partial charge in [-0.3, -0.25) is 4.90 Å². The van der Waals surface area contributed by atoms with Crippen LogP contribution in [0.4, 0.5) is 0 Å². The molecule has 4 rings (SSSR count). The van der Waals surface area contributed by atoms with Gasteiger partial charge in [-0.15, -0.1) is 0 Å². The van der Waals surface area contributed by atoms with Crippen molar-refractivity contribution in [3.8, 4) is 11.8 Å². The summed E-state index contributed by atoms with van der Waals surface area (Å²) in [4.78, 5) is 5.09. The quantitative estimate of drug-likeness (QED) is 0.642. The fourth-order valence-corrected chi connectivity index (χ4v) is 4.60. The number of likely N-dealkylation sites (tertiary alicyclic amines) is 1. The van der Waals surface area contributed by atoms with Crippen molar-refractivity contribution in [1.82, 2.24) is 9.80 Å². The fourth-order valence-electron chi connectivity index (χ4n) is 4.60. The second-order valence-electron chi connectivity index (χ2n) is 8.62. The Morgan fingerprint density at radius 2 is 1.60 bits per heavy atom. The summed E-state index contributed by atoms with van der Waals surface area (Å²) < 4.78 is 6.08. The highest BCUT2D eigenvalue weighted by molar-refractivity contribution is 5.37. The van der Waals surface area contributed by atoms with Crippen molar-refractivity contribution in [2.75, 3.05) is 39.3 Å². The lowest BCUT2D eigenvalue weighted by molar-refractivity contribution is 0.205. The van der Waals surface area contributed by atoms with Crippen molar-refractivity contribution >= 4 is 0 Å². The van der Waals surface area contributed by atoms with Gasteiger partial charge in [0.25, 0.3) is 0 Å². The minimum Gasteiger partial charge on any atom is -0.494 e. The number of nitriles is 1. The molecule has 0 atom stereocenters. The third-order valence-electron chi connectivity index (χ3n) is 6.40. The highest BCUT2D eigenvalue weighted by Gasteiger charge is 2.15. The van der Waals surface area contributed by atoms with E-state index in [0.29, 0.717) is 0 Å². The molecule has 2 aliphatic rings. The van der Waals surface area contributed by atoms with Gasteiger partial charge in [0, 0.05) is 26.2 Å². The lowest BCUT2D eigenvalue weighted by Crippen LogP contribution is -2.31. The van der Waals surface area contributed by atoms with E-state index in [1.807, 2.05) is 12.1 Å². The van der Waals surface area contributed by atoms with E-state index in [4.69, 9.17) is 10.00 Å². The summed E-state index contributed by atoms with van der Waals surface area (Å²) in [6, 6.07) is 16.8. The molecular formula is C26H33N3O. The fraction of sp³-hybridized carbons (Fsp3) is 0.500. The van der Waals surface area contributed by atoms with Crippen LogP contribution in [0.2, 0.25) is 0 Å². The van der Waals surface area contributed by atoms with E-state index in [9.17, 15) is 0 Å². The first-order valence-electron chi connectivity index (χ1n) is 11.5. The standard InChI is InChI=1S/C26H33N3O/c27-20-22-5-7-23(8-6-22)21-29-16-11-24-9-10-26(19-25(24)12-17-29)30-18-4-15-28-13-2-1-3-14-28/h5-10,19H,1-4,11-18,21H2. The van der Waals surface area contributed by atoms with E-state index >= 15 is 0 Å². The number of nitrogens with zero attached hydrogens (tertiary/aromatic N) is 3. The topological polar surface area (TPSA) is 39.5 Å². The number of rotatable bonds is 7. The Labute approximate surface area is 181 Å². The number of fused-ring (bicyclic) bond motifs is 1. The van der Waals surface area contributed by atoms with Crippen molar-refractivity contribution in [3.05, 3.63) is 64.7 Å². The van der Waals surface area contributed by atoms with Gasteiger partial charge in [0.15, 0.2) is 0 Å². The molecule has 0 amide bonds. The van der Waals surface area contributed by atoms with Gasteiger partial charge in [-0.1, -0.05) is 24.6 Å². The predicted molar refractivity (Wildman–Crippen MR) is 121 cm³/mol. The Morgan fingerprint density at radius 1 is 0.833 bits per heavy atom. The van der Waals surface area contributed by atoms with Crippen LogP contribution in [0.5, 0.6) is 5.75 Å². The van der Waals surface area contributed by atoms with Gasteiger partial charge in [-0.05, 0) is 86.1 Å². The van der Waals surface area contributed by atoms with Gasteiger partial charge in [0.1, 0.15) is 5.75 Å². The first-order valence-corrected chi connectivity index (χ1v) is 11.5. The molecule has 0 spiro atoms. The van der Waals surface area contributed by atoms with Crippen LogP contribution in [0.25, 0.3) is 0 Å². The second kappa shape index (κ2) is 10.6. The van der Waals surface area contributed by atoms with Crippen LogP contribution in [0.15, 0.2) is 42.5 Å². The molecule has 0 radical (unpaired) electrons. The monoisotopic (exact) mass is 403 g/mol. The SMILES string of the molecule is N#Cc1ccc(CN2CCc3ccc(OCCCN4CCCCC4)cc3CC2)cc1. The van der Waals surface area contributed by atoms with E-state index in [2.05, 4.69) is 46.2 Å². The number of hydrogen-bond donors (Lipinski definition) is 0. The van der Waals surface area contributed by atoms with Crippen molar-refractivity contribution in [2.45, 2.75) is 45.1 Å². The van der Waals surface area contributed by atoms with Crippen LogP contribution in [-0.2, 0) is 19.4 Å². The average Bonchev–Trinajstić information content (AvgIpc) is 3.00. The third kappa shape index (κ3) is 5.84. The molecule has 1 fully saturated rings. The molecule has 2 aliphatic heterocycles. The van der Waals surface area contributed by atoms with Crippen molar-refractivity contribution in [2.24, 2.45) is 0 Å². The van der Waals surface area contributed by atoms with Crippen LogP contribution >= 0.6 is 0 Å². The molecule has 1 saturated heterocycles. The first kappa shape index (κ1) is 20.9. The minimum atomic E-state index is 0.727. The Balaban J connectivity index is 1.25. The van der Waals surface area contributed by atoms with Gasteiger partial charge in [0.05, 0.1) is 18.2 Å². The Morgan fingerprint density at radius 3 is 2.37 bits per heavy atom. The third-order valence-corrected chi connectivity index (χ3v) is 6.40. The summed E-state index contributed by atoms with van der Waals surface area (Å²) in [7, 11) is 0. The molecular weight excluding hydrogens is 370 g/mol. The van der Waals surface area contributed by atoms with Gasteiger partial charge in [-0.25, -0.2) is 0 Å². The van der Waals surface area contributed by atoms with E-state index in [0.717, 1.165) is 63.4 Å². The molecule has 2 aromatic rings. The van der Waals surface area contributed by atoms with Crippen LogP contribution in [0.1, 0.15) is 47.9 Å². The van der Waals surface area contributed by atoms with E-state index in [1.54, 1.807) is 0 Å². The molecule has 0 aliphatic carbocycles. The first-order chi connectivity index (χ1) is 14.8. The maximum atomic E-state index is 8.96. The molecule has 0 aromatic heterocycles. The summed E-state index contributed by atoms with van der Waals surface area (Å²) >= 11 is 0. The van der Waals surface area contributed by atoms with Gasteiger partial charge < -0.3 is 9.64 Å².